The third kappa shape index (κ3) is 5.82. The van der Waals surface area contributed by atoms with Crippen molar-refractivity contribution in [3.05, 3.63) is 28.6 Å². The number of azide groups is 1. The molecule has 0 unspecified atom stereocenters. The van der Waals surface area contributed by atoms with E-state index < -0.39 is 0 Å². The summed E-state index contributed by atoms with van der Waals surface area (Å²) in [6.07, 6.45) is 7.95. The molecule has 6 nitrogen and oxygen atoms in total. The van der Waals surface area contributed by atoms with Gasteiger partial charge in [-0.3, -0.25) is 0 Å². The van der Waals surface area contributed by atoms with Gasteiger partial charge >= 0.3 is 0 Å². The van der Waals surface area contributed by atoms with Gasteiger partial charge in [-0.05, 0) is 43.7 Å². The SMILES string of the molecule is [N-]=[N+]=NCCCCCCOc1cccc(N2CCCCC2)n1. The summed E-state index contributed by atoms with van der Waals surface area (Å²) < 4.78 is 5.75. The van der Waals surface area contributed by atoms with Crippen LogP contribution in [-0.4, -0.2) is 31.2 Å². The topological polar surface area (TPSA) is 74.1 Å². The van der Waals surface area contributed by atoms with Gasteiger partial charge < -0.3 is 9.64 Å². The Morgan fingerprint density at radius 2 is 1.95 bits per heavy atom. The van der Waals surface area contributed by atoms with Crippen LogP contribution in [0.2, 0.25) is 0 Å². The Morgan fingerprint density at radius 3 is 2.77 bits per heavy atom. The summed E-state index contributed by atoms with van der Waals surface area (Å²) in [5, 5.41) is 3.53. The van der Waals surface area contributed by atoms with E-state index in [0.717, 1.165) is 50.5 Å². The van der Waals surface area contributed by atoms with Gasteiger partial charge in [0, 0.05) is 30.6 Å². The second kappa shape index (κ2) is 9.90. The van der Waals surface area contributed by atoms with Crippen LogP contribution < -0.4 is 9.64 Å². The number of unbranched alkanes of at least 4 members (excludes halogenated alkanes) is 3. The molecule has 0 spiro atoms. The molecular formula is C16H25N5O. The van der Waals surface area contributed by atoms with E-state index in [2.05, 4.69) is 26.0 Å². The van der Waals surface area contributed by atoms with Crippen molar-refractivity contribution in [2.75, 3.05) is 31.1 Å². The average Bonchev–Trinajstić information content (AvgIpc) is 2.58. The molecule has 0 amide bonds. The van der Waals surface area contributed by atoms with Crippen LogP contribution in [0.5, 0.6) is 5.88 Å². The fourth-order valence-corrected chi connectivity index (χ4v) is 2.64. The Bertz CT molecular complexity index is 481. The fraction of sp³-hybridized carbons (Fsp3) is 0.688. The van der Waals surface area contributed by atoms with Crippen LogP contribution in [0.15, 0.2) is 23.3 Å². The second-order valence-corrected chi connectivity index (χ2v) is 5.60. The zero-order valence-corrected chi connectivity index (χ0v) is 13.2. The van der Waals surface area contributed by atoms with Crippen LogP contribution in [0, 0.1) is 0 Å². The smallest absolute Gasteiger partial charge is 0.215 e. The van der Waals surface area contributed by atoms with Gasteiger partial charge in [-0.25, -0.2) is 0 Å². The van der Waals surface area contributed by atoms with Gasteiger partial charge in [0.25, 0.3) is 0 Å². The third-order valence-corrected chi connectivity index (χ3v) is 3.85. The Balaban J connectivity index is 1.66. The van der Waals surface area contributed by atoms with E-state index in [4.69, 9.17) is 10.3 Å². The van der Waals surface area contributed by atoms with Crippen molar-refractivity contribution in [1.29, 1.82) is 0 Å². The summed E-state index contributed by atoms with van der Waals surface area (Å²) in [6.45, 7) is 3.48. The second-order valence-electron chi connectivity index (χ2n) is 5.60. The van der Waals surface area contributed by atoms with E-state index in [0.29, 0.717) is 13.2 Å². The van der Waals surface area contributed by atoms with Crippen molar-refractivity contribution >= 4 is 5.82 Å². The monoisotopic (exact) mass is 303 g/mol. The molecule has 6 heteroatoms. The zero-order valence-electron chi connectivity index (χ0n) is 13.2. The number of pyridine rings is 1. The van der Waals surface area contributed by atoms with Crippen LogP contribution >= 0.6 is 0 Å². The highest BCUT2D eigenvalue weighted by molar-refractivity contribution is 5.40. The predicted octanol–water partition coefficient (Wildman–Crippen LogP) is 4.32. The third-order valence-electron chi connectivity index (χ3n) is 3.85. The lowest BCUT2D eigenvalue weighted by atomic mass is 10.1. The number of anilines is 1. The zero-order chi connectivity index (χ0) is 15.5. The van der Waals surface area contributed by atoms with Crippen LogP contribution in [0.25, 0.3) is 10.4 Å². The Hall–Kier alpha value is -1.94. The standard InChI is InChI=1S/C16H25N5O/c17-20-18-11-4-1-2-7-14-22-16-10-8-9-15(19-16)21-12-5-3-6-13-21/h8-10H,1-7,11-14H2. The lowest BCUT2D eigenvalue weighted by Gasteiger charge is -2.27. The maximum absolute atomic E-state index is 8.18. The van der Waals surface area contributed by atoms with E-state index in [1.165, 1.54) is 19.3 Å². The van der Waals surface area contributed by atoms with E-state index in [9.17, 15) is 0 Å². The maximum Gasteiger partial charge on any atom is 0.215 e. The van der Waals surface area contributed by atoms with E-state index in [1.807, 2.05) is 12.1 Å². The van der Waals surface area contributed by atoms with Crippen LogP contribution in [-0.2, 0) is 0 Å². The van der Waals surface area contributed by atoms with Gasteiger partial charge in [-0.2, -0.15) is 4.98 Å². The fourth-order valence-electron chi connectivity index (χ4n) is 2.64. The molecule has 0 atom stereocenters. The van der Waals surface area contributed by atoms with E-state index in [1.54, 1.807) is 0 Å². The molecule has 1 aliphatic heterocycles. The average molecular weight is 303 g/mol. The minimum Gasteiger partial charge on any atom is -0.478 e. The van der Waals surface area contributed by atoms with Gasteiger partial charge in [0.05, 0.1) is 6.61 Å². The number of piperidine rings is 1. The first-order valence-corrected chi connectivity index (χ1v) is 8.26. The lowest BCUT2D eigenvalue weighted by Crippen LogP contribution is -2.30. The number of aromatic nitrogens is 1. The molecular weight excluding hydrogens is 278 g/mol. The van der Waals surface area contributed by atoms with Crippen LogP contribution in [0.3, 0.4) is 0 Å². The Kier molecular flexibility index (Phi) is 7.39. The molecule has 1 fully saturated rings. The minimum absolute atomic E-state index is 0.594. The highest BCUT2D eigenvalue weighted by Crippen LogP contribution is 2.20. The Morgan fingerprint density at radius 1 is 1.14 bits per heavy atom. The molecule has 0 saturated carbocycles. The lowest BCUT2D eigenvalue weighted by molar-refractivity contribution is 0.293. The van der Waals surface area contributed by atoms with Crippen molar-refractivity contribution < 1.29 is 4.74 Å². The van der Waals surface area contributed by atoms with Crippen molar-refractivity contribution in [3.63, 3.8) is 0 Å². The molecule has 22 heavy (non-hydrogen) atoms. The van der Waals surface area contributed by atoms with Crippen molar-refractivity contribution in [1.82, 2.24) is 4.98 Å². The highest BCUT2D eigenvalue weighted by Gasteiger charge is 2.12. The molecule has 2 rings (SSSR count). The quantitative estimate of drug-likeness (QED) is 0.295. The molecule has 0 bridgehead atoms. The number of hydrogen-bond donors (Lipinski definition) is 0. The summed E-state index contributed by atoms with van der Waals surface area (Å²) in [4.78, 5) is 9.69. The molecule has 2 heterocycles. The van der Waals surface area contributed by atoms with Crippen LogP contribution in [0.4, 0.5) is 5.82 Å². The summed E-state index contributed by atoms with van der Waals surface area (Å²) >= 11 is 0. The van der Waals surface area contributed by atoms with Gasteiger partial charge in [0.1, 0.15) is 5.82 Å². The number of rotatable bonds is 9. The molecule has 1 saturated heterocycles. The molecule has 120 valence electrons. The summed E-state index contributed by atoms with van der Waals surface area (Å²) in [5.74, 6) is 1.75. The molecule has 0 radical (unpaired) electrons. The minimum atomic E-state index is 0.594. The first-order valence-electron chi connectivity index (χ1n) is 8.26. The summed E-state index contributed by atoms with van der Waals surface area (Å²) in [7, 11) is 0. The summed E-state index contributed by atoms with van der Waals surface area (Å²) in [5.41, 5.74) is 8.18. The number of nitrogens with zero attached hydrogens (tertiary/aromatic N) is 5. The first-order chi connectivity index (χ1) is 10.9. The van der Waals surface area contributed by atoms with Crippen molar-refractivity contribution in [2.45, 2.75) is 44.9 Å². The molecule has 0 N–H and O–H groups in total. The van der Waals surface area contributed by atoms with Crippen LogP contribution in [0.1, 0.15) is 44.9 Å². The normalized spacial score (nSPS) is 14.5. The largest absolute Gasteiger partial charge is 0.478 e. The van der Waals surface area contributed by atoms with Gasteiger partial charge in [0.2, 0.25) is 5.88 Å². The number of hydrogen-bond acceptors (Lipinski definition) is 4. The summed E-state index contributed by atoms with van der Waals surface area (Å²) in [6, 6.07) is 6.01. The molecule has 1 aromatic heterocycles. The van der Waals surface area contributed by atoms with Gasteiger partial charge in [0.15, 0.2) is 0 Å². The molecule has 0 aliphatic carbocycles. The highest BCUT2D eigenvalue weighted by atomic mass is 16.5. The molecule has 0 aromatic carbocycles. The molecule has 1 aliphatic rings. The Labute approximate surface area is 132 Å². The predicted molar refractivity (Wildman–Crippen MR) is 88.3 cm³/mol. The molecule has 1 aromatic rings. The van der Waals surface area contributed by atoms with E-state index in [-0.39, 0.29) is 0 Å². The first kappa shape index (κ1) is 16.4. The van der Waals surface area contributed by atoms with Gasteiger partial charge in [-0.1, -0.05) is 24.0 Å². The van der Waals surface area contributed by atoms with Crippen molar-refractivity contribution in [2.24, 2.45) is 5.11 Å². The number of ether oxygens (including phenoxy) is 1. The van der Waals surface area contributed by atoms with Crippen molar-refractivity contribution in [3.8, 4) is 5.88 Å². The van der Waals surface area contributed by atoms with Gasteiger partial charge in [-0.15, -0.1) is 0 Å². The maximum atomic E-state index is 8.18. The van der Waals surface area contributed by atoms with E-state index >= 15 is 0 Å².